The Labute approximate surface area is 142 Å². The fourth-order valence-corrected chi connectivity index (χ4v) is 4.86. The summed E-state index contributed by atoms with van der Waals surface area (Å²) in [6.07, 6.45) is 1.58. The number of sulfonamides is 1. The topological polar surface area (TPSA) is 58.6 Å². The molecule has 0 aliphatic carbocycles. The Morgan fingerprint density at radius 3 is 2.79 bits per heavy atom. The summed E-state index contributed by atoms with van der Waals surface area (Å²) in [6, 6.07) is 15.2. The largest absolute Gasteiger partial charge is 0.493 e. The van der Waals surface area contributed by atoms with E-state index in [4.69, 9.17) is 4.74 Å². The zero-order valence-electron chi connectivity index (χ0n) is 13.3. The first-order chi connectivity index (χ1) is 11.6. The minimum Gasteiger partial charge on any atom is -0.493 e. The van der Waals surface area contributed by atoms with Gasteiger partial charge in [-0.1, -0.05) is 18.2 Å². The van der Waals surface area contributed by atoms with Gasteiger partial charge in [-0.3, -0.25) is 0 Å². The van der Waals surface area contributed by atoms with Gasteiger partial charge in [0, 0.05) is 31.2 Å². The van der Waals surface area contributed by atoms with Crippen LogP contribution in [0.15, 0.2) is 53.4 Å². The van der Waals surface area contributed by atoms with E-state index in [1.54, 1.807) is 22.5 Å². The number of nitrogens with one attached hydrogen (secondary N) is 1. The average molecular weight is 344 g/mol. The van der Waals surface area contributed by atoms with Crippen molar-refractivity contribution in [1.29, 1.82) is 0 Å². The molecule has 4 rings (SSSR count). The van der Waals surface area contributed by atoms with Crippen LogP contribution in [-0.2, 0) is 16.4 Å². The first-order valence-electron chi connectivity index (χ1n) is 8.20. The van der Waals surface area contributed by atoms with E-state index in [0.29, 0.717) is 24.6 Å². The number of rotatable bonds is 4. The van der Waals surface area contributed by atoms with Gasteiger partial charge in [0.05, 0.1) is 11.5 Å². The van der Waals surface area contributed by atoms with Crippen molar-refractivity contribution in [3.8, 4) is 5.75 Å². The molecule has 0 saturated carbocycles. The van der Waals surface area contributed by atoms with E-state index in [2.05, 4.69) is 5.32 Å². The first kappa shape index (κ1) is 15.5. The normalized spacial score (nSPS) is 20.6. The van der Waals surface area contributed by atoms with E-state index in [0.717, 1.165) is 29.8 Å². The van der Waals surface area contributed by atoms with Crippen LogP contribution >= 0.6 is 0 Å². The highest BCUT2D eigenvalue weighted by Crippen LogP contribution is 2.30. The maximum absolute atomic E-state index is 12.9. The molecule has 1 unspecified atom stereocenters. The smallest absolute Gasteiger partial charge is 0.243 e. The average Bonchev–Trinajstić information content (AvgIpc) is 3.24. The fraction of sp³-hybridized carbons (Fsp3) is 0.333. The van der Waals surface area contributed by atoms with Gasteiger partial charge < -0.3 is 10.1 Å². The molecule has 1 atom stereocenters. The van der Waals surface area contributed by atoms with Crippen LogP contribution in [0.1, 0.15) is 12.0 Å². The molecule has 1 N–H and O–H groups in total. The summed E-state index contributed by atoms with van der Waals surface area (Å²) in [5.41, 5.74) is 2.01. The van der Waals surface area contributed by atoms with E-state index in [1.807, 2.05) is 30.3 Å². The zero-order valence-corrected chi connectivity index (χ0v) is 14.1. The Morgan fingerprint density at radius 2 is 1.96 bits per heavy atom. The molecule has 5 nitrogen and oxygen atoms in total. The van der Waals surface area contributed by atoms with E-state index in [-0.39, 0.29) is 6.04 Å². The minimum atomic E-state index is -3.45. The summed E-state index contributed by atoms with van der Waals surface area (Å²) in [6.45, 7) is 1.66. The van der Waals surface area contributed by atoms with Gasteiger partial charge >= 0.3 is 0 Å². The van der Waals surface area contributed by atoms with Crippen LogP contribution in [0.25, 0.3) is 0 Å². The lowest BCUT2D eigenvalue weighted by Gasteiger charge is -2.18. The summed E-state index contributed by atoms with van der Waals surface area (Å²) in [4.78, 5) is 0.368. The molecule has 0 amide bonds. The number of para-hydroxylation sites is 1. The van der Waals surface area contributed by atoms with Gasteiger partial charge in [0.2, 0.25) is 10.0 Å². The summed E-state index contributed by atoms with van der Waals surface area (Å²) < 4.78 is 32.8. The number of ether oxygens (including phenoxy) is 1. The quantitative estimate of drug-likeness (QED) is 0.926. The van der Waals surface area contributed by atoms with Crippen molar-refractivity contribution < 1.29 is 13.2 Å². The second-order valence-corrected chi connectivity index (χ2v) is 8.16. The second-order valence-electron chi connectivity index (χ2n) is 6.23. The van der Waals surface area contributed by atoms with Crippen LogP contribution in [0.4, 0.5) is 5.69 Å². The van der Waals surface area contributed by atoms with Crippen molar-refractivity contribution in [2.24, 2.45) is 0 Å². The van der Waals surface area contributed by atoms with Crippen LogP contribution in [-0.4, -0.2) is 38.5 Å². The van der Waals surface area contributed by atoms with E-state index in [9.17, 15) is 8.42 Å². The van der Waals surface area contributed by atoms with Crippen molar-refractivity contribution in [2.75, 3.05) is 25.0 Å². The highest BCUT2D eigenvalue weighted by Gasteiger charge is 2.33. The van der Waals surface area contributed by atoms with E-state index < -0.39 is 10.0 Å². The van der Waals surface area contributed by atoms with Crippen molar-refractivity contribution in [3.63, 3.8) is 0 Å². The van der Waals surface area contributed by atoms with Crippen molar-refractivity contribution in [3.05, 3.63) is 54.1 Å². The molecule has 2 heterocycles. The Hall–Kier alpha value is -2.05. The highest BCUT2D eigenvalue weighted by atomic mass is 32.2. The number of hydrogen-bond acceptors (Lipinski definition) is 4. The van der Waals surface area contributed by atoms with Crippen molar-refractivity contribution in [2.45, 2.75) is 23.8 Å². The Kier molecular flexibility index (Phi) is 3.94. The molecular weight excluding hydrogens is 324 g/mol. The lowest BCUT2D eigenvalue weighted by molar-refractivity contribution is 0.356. The maximum atomic E-state index is 12.9. The van der Waals surface area contributed by atoms with Gasteiger partial charge in [-0.2, -0.15) is 4.31 Å². The lowest BCUT2D eigenvalue weighted by Crippen LogP contribution is -2.31. The standard InChI is InChI=1S/C18H20N2O3S/c21-24(22,17-6-7-18-14(12-17)9-11-23-18)20-10-8-16(13-20)19-15-4-2-1-3-5-15/h1-7,12,16,19H,8-11,13H2. The van der Waals surface area contributed by atoms with Gasteiger partial charge in [-0.15, -0.1) is 0 Å². The molecule has 1 saturated heterocycles. The Balaban J connectivity index is 1.49. The number of hydrogen-bond donors (Lipinski definition) is 1. The molecule has 0 spiro atoms. The number of nitrogens with zero attached hydrogens (tertiary/aromatic N) is 1. The van der Waals surface area contributed by atoms with E-state index >= 15 is 0 Å². The molecule has 1 fully saturated rings. The van der Waals surface area contributed by atoms with Crippen LogP contribution in [0.2, 0.25) is 0 Å². The number of fused-ring (bicyclic) bond motifs is 1. The van der Waals surface area contributed by atoms with Crippen LogP contribution in [0.5, 0.6) is 5.75 Å². The molecule has 2 aromatic carbocycles. The predicted molar refractivity (Wildman–Crippen MR) is 92.9 cm³/mol. The highest BCUT2D eigenvalue weighted by molar-refractivity contribution is 7.89. The van der Waals surface area contributed by atoms with Crippen molar-refractivity contribution in [1.82, 2.24) is 4.31 Å². The third-order valence-corrected chi connectivity index (χ3v) is 6.46. The van der Waals surface area contributed by atoms with Gasteiger partial charge in [0.1, 0.15) is 5.75 Å². The molecule has 0 aromatic heterocycles. The summed E-state index contributed by atoms with van der Waals surface area (Å²) in [7, 11) is -3.45. The number of benzene rings is 2. The fourth-order valence-electron chi connectivity index (χ4n) is 3.31. The molecule has 24 heavy (non-hydrogen) atoms. The zero-order chi connectivity index (χ0) is 16.6. The molecular formula is C18H20N2O3S. The summed E-state index contributed by atoms with van der Waals surface area (Å²) in [5.74, 6) is 0.805. The summed E-state index contributed by atoms with van der Waals surface area (Å²) >= 11 is 0. The monoisotopic (exact) mass is 344 g/mol. The molecule has 2 aliphatic heterocycles. The molecule has 6 heteroatoms. The molecule has 0 radical (unpaired) electrons. The molecule has 2 aromatic rings. The SMILES string of the molecule is O=S(=O)(c1ccc2c(c1)CCO2)N1CCC(Nc2ccccc2)C1. The first-order valence-corrected chi connectivity index (χ1v) is 9.64. The van der Waals surface area contributed by atoms with Gasteiger partial charge in [0.15, 0.2) is 0 Å². The Bertz CT molecular complexity index is 837. The second kappa shape index (κ2) is 6.11. The Morgan fingerprint density at radius 1 is 1.12 bits per heavy atom. The van der Waals surface area contributed by atoms with Crippen LogP contribution < -0.4 is 10.1 Å². The molecule has 2 aliphatic rings. The predicted octanol–water partition coefficient (Wildman–Crippen LogP) is 2.50. The van der Waals surface area contributed by atoms with Crippen molar-refractivity contribution >= 4 is 15.7 Å². The third kappa shape index (κ3) is 2.87. The van der Waals surface area contributed by atoms with E-state index in [1.165, 1.54) is 0 Å². The maximum Gasteiger partial charge on any atom is 0.243 e. The minimum absolute atomic E-state index is 0.139. The molecule has 126 valence electrons. The molecule has 0 bridgehead atoms. The van der Waals surface area contributed by atoms with Gasteiger partial charge in [0.25, 0.3) is 0 Å². The van der Waals surface area contributed by atoms with Crippen LogP contribution in [0, 0.1) is 0 Å². The summed E-state index contributed by atoms with van der Waals surface area (Å²) in [5, 5.41) is 3.41. The number of anilines is 1. The third-order valence-electron chi connectivity index (χ3n) is 4.59. The lowest BCUT2D eigenvalue weighted by atomic mass is 10.2. The van der Waals surface area contributed by atoms with Crippen LogP contribution in [0.3, 0.4) is 0 Å². The van der Waals surface area contributed by atoms with Gasteiger partial charge in [-0.25, -0.2) is 8.42 Å². The van der Waals surface area contributed by atoms with Gasteiger partial charge in [-0.05, 0) is 42.3 Å².